The molecule has 31 heavy (non-hydrogen) atoms. The minimum Gasteiger partial charge on any atom is -0.490 e. The first-order valence-corrected chi connectivity index (χ1v) is 10.7. The third kappa shape index (κ3) is 5.58. The van der Waals surface area contributed by atoms with E-state index in [0.717, 1.165) is 22.6 Å². The van der Waals surface area contributed by atoms with Gasteiger partial charge in [0.1, 0.15) is 0 Å². The van der Waals surface area contributed by atoms with Crippen LogP contribution in [0.1, 0.15) is 30.7 Å². The first-order chi connectivity index (χ1) is 15.0. The molecule has 0 aliphatic carbocycles. The molecule has 1 N–H and O–H groups in total. The van der Waals surface area contributed by atoms with Crippen molar-refractivity contribution in [1.29, 1.82) is 0 Å². The number of nitrogens with zero attached hydrogens (tertiary/aromatic N) is 3. The predicted molar refractivity (Wildman–Crippen MR) is 124 cm³/mol. The smallest absolute Gasteiger partial charge is 0.315 e. The Balaban J connectivity index is 1.83. The number of hydrazone groups is 1. The van der Waals surface area contributed by atoms with Gasteiger partial charge in [-0.2, -0.15) is 5.10 Å². The molecular weight excluding hydrogens is 416 g/mol. The summed E-state index contributed by atoms with van der Waals surface area (Å²) in [4.78, 5) is 16.7. The Kier molecular flexibility index (Phi) is 7.55. The summed E-state index contributed by atoms with van der Waals surface area (Å²) in [5.41, 5.74) is 5.20. The van der Waals surface area contributed by atoms with Gasteiger partial charge in [-0.15, -0.1) is 11.3 Å². The molecule has 0 saturated carbocycles. The van der Waals surface area contributed by atoms with Gasteiger partial charge in [0, 0.05) is 22.1 Å². The van der Waals surface area contributed by atoms with E-state index < -0.39 is 4.92 Å². The Morgan fingerprint density at radius 2 is 2.00 bits per heavy atom. The Morgan fingerprint density at radius 1 is 1.23 bits per heavy atom. The monoisotopic (exact) mass is 440 g/mol. The van der Waals surface area contributed by atoms with E-state index >= 15 is 0 Å². The van der Waals surface area contributed by atoms with Crippen LogP contribution in [0.4, 0.5) is 10.8 Å². The van der Waals surface area contributed by atoms with Crippen molar-refractivity contribution in [3.8, 4) is 22.8 Å². The summed E-state index contributed by atoms with van der Waals surface area (Å²) in [6, 6.07) is 13.0. The van der Waals surface area contributed by atoms with Crippen LogP contribution in [0.3, 0.4) is 0 Å². The largest absolute Gasteiger partial charge is 0.490 e. The zero-order valence-corrected chi connectivity index (χ0v) is 18.4. The number of rotatable bonds is 10. The van der Waals surface area contributed by atoms with Crippen molar-refractivity contribution in [1.82, 2.24) is 4.98 Å². The standard InChI is InChI=1S/C22H24N4O4S/c1-4-11-30-21-18(26(27)28)12-16(13-19(21)29-5-2)14-23-25-22-24-20(15(3)31-22)17-9-7-6-8-10-17/h6-10,12-14H,4-5,11H2,1-3H3,(H,24,25)/b23-14-. The van der Waals surface area contributed by atoms with Gasteiger partial charge in [-0.3, -0.25) is 15.5 Å². The summed E-state index contributed by atoms with van der Waals surface area (Å²) in [6.07, 6.45) is 2.23. The third-order valence-electron chi connectivity index (χ3n) is 4.22. The number of benzene rings is 2. The Morgan fingerprint density at radius 3 is 2.68 bits per heavy atom. The molecular formula is C22H24N4O4S. The lowest BCUT2D eigenvalue weighted by molar-refractivity contribution is -0.386. The number of hydrogen-bond acceptors (Lipinski definition) is 8. The molecule has 1 aromatic heterocycles. The van der Waals surface area contributed by atoms with E-state index in [2.05, 4.69) is 15.5 Å². The van der Waals surface area contributed by atoms with Gasteiger partial charge >= 0.3 is 5.69 Å². The van der Waals surface area contributed by atoms with Crippen molar-refractivity contribution in [3.05, 3.63) is 63.0 Å². The lowest BCUT2D eigenvalue weighted by Gasteiger charge is -2.12. The van der Waals surface area contributed by atoms with E-state index in [9.17, 15) is 10.1 Å². The second kappa shape index (κ2) is 10.5. The zero-order chi connectivity index (χ0) is 22.2. The molecule has 0 radical (unpaired) electrons. The molecule has 9 heteroatoms. The summed E-state index contributed by atoms with van der Waals surface area (Å²) < 4.78 is 11.2. The van der Waals surface area contributed by atoms with E-state index in [0.29, 0.717) is 29.7 Å². The first-order valence-electron chi connectivity index (χ1n) is 9.93. The van der Waals surface area contributed by atoms with Crippen LogP contribution in [0.2, 0.25) is 0 Å². The van der Waals surface area contributed by atoms with E-state index in [1.54, 1.807) is 6.07 Å². The highest BCUT2D eigenvalue weighted by Crippen LogP contribution is 2.38. The molecule has 3 aromatic rings. The van der Waals surface area contributed by atoms with Crippen molar-refractivity contribution in [3.63, 3.8) is 0 Å². The Hall–Kier alpha value is -3.46. The number of hydrogen-bond donors (Lipinski definition) is 1. The molecule has 0 fully saturated rings. The van der Waals surface area contributed by atoms with Gasteiger partial charge in [-0.05, 0) is 26.3 Å². The van der Waals surface area contributed by atoms with Crippen molar-refractivity contribution in [2.45, 2.75) is 27.2 Å². The Bertz CT molecular complexity index is 1070. The maximum atomic E-state index is 11.6. The van der Waals surface area contributed by atoms with Crippen molar-refractivity contribution >= 4 is 28.4 Å². The molecule has 1 heterocycles. The highest BCUT2D eigenvalue weighted by atomic mass is 32.1. The quantitative estimate of drug-likeness (QED) is 0.248. The van der Waals surface area contributed by atoms with Gasteiger partial charge in [0.2, 0.25) is 10.9 Å². The summed E-state index contributed by atoms with van der Waals surface area (Å²) in [6.45, 7) is 6.47. The zero-order valence-electron chi connectivity index (χ0n) is 17.6. The minimum absolute atomic E-state index is 0.141. The topological polar surface area (TPSA) is 98.9 Å². The van der Waals surface area contributed by atoms with Crippen LogP contribution in [0, 0.1) is 17.0 Å². The van der Waals surface area contributed by atoms with Gasteiger partial charge in [0.05, 0.1) is 30.0 Å². The summed E-state index contributed by atoms with van der Waals surface area (Å²) in [5.74, 6) is 0.463. The summed E-state index contributed by atoms with van der Waals surface area (Å²) in [5, 5.41) is 16.4. The van der Waals surface area contributed by atoms with Gasteiger partial charge in [-0.1, -0.05) is 37.3 Å². The number of anilines is 1. The number of ether oxygens (including phenoxy) is 2. The first kappa shape index (κ1) is 22.2. The maximum Gasteiger partial charge on any atom is 0.315 e. The molecule has 0 aliphatic rings. The van der Waals surface area contributed by atoms with Gasteiger partial charge < -0.3 is 9.47 Å². The fourth-order valence-corrected chi connectivity index (χ4v) is 3.69. The van der Waals surface area contributed by atoms with Crippen LogP contribution in [-0.2, 0) is 0 Å². The molecule has 0 saturated heterocycles. The highest BCUT2D eigenvalue weighted by Gasteiger charge is 2.22. The summed E-state index contributed by atoms with van der Waals surface area (Å²) in [7, 11) is 0. The number of aryl methyl sites for hydroxylation is 1. The van der Waals surface area contributed by atoms with E-state index in [4.69, 9.17) is 9.47 Å². The van der Waals surface area contributed by atoms with Crippen LogP contribution in [0.15, 0.2) is 47.6 Å². The number of nitrogens with one attached hydrogen (secondary N) is 1. The van der Waals surface area contributed by atoms with Crippen molar-refractivity contribution in [2.24, 2.45) is 5.10 Å². The number of thiazole rings is 1. The van der Waals surface area contributed by atoms with Crippen LogP contribution < -0.4 is 14.9 Å². The normalized spacial score (nSPS) is 10.9. The average Bonchev–Trinajstić information content (AvgIpc) is 3.13. The molecule has 3 rings (SSSR count). The molecule has 0 aliphatic heterocycles. The predicted octanol–water partition coefficient (Wildman–Crippen LogP) is 5.66. The molecule has 0 atom stereocenters. The lowest BCUT2D eigenvalue weighted by atomic mass is 10.1. The lowest BCUT2D eigenvalue weighted by Crippen LogP contribution is -2.04. The van der Waals surface area contributed by atoms with Gasteiger partial charge in [-0.25, -0.2) is 4.98 Å². The SMILES string of the molecule is CCCOc1c(OCC)cc(/C=N\Nc2nc(-c3ccccc3)c(C)s2)cc1[N+](=O)[O-]. The summed E-state index contributed by atoms with van der Waals surface area (Å²) >= 11 is 1.49. The fraction of sp³-hybridized carbons (Fsp3) is 0.273. The molecule has 0 spiro atoms. The Labute approximate surface area is 184 Å². The molecule has 0 unspecified atom stereocenters. The number of nitro benzene ring substituents is 1. The average molecular weight is 441 g/mol. The van der Waals surface area contributed by atoms with Crippen molar-refractivity contribution in [2.75, 3.05) is 18.6 Å². The van der Waals surface area contributed by atoms with E-state index in [1.165, 1.54) is 23.6 Å². The van der Waals surface area contributed by atoms with Crippen molar-refractivity contribution < 1.29 is 14.4 Å². The second-order valence-electron chi connectivity index (χ2n) is 6.57. The van der Waals surface area contributed by atoms with Crippen LogP contribution in [-0.4, -0.2) is 29.3 Å². The van der Waals surface area contributed by atoms with Gasteiger partial charge in [0.15, 0.2) is 5.75 Å². The van der Waals surface area contributed by atoms with Gasteiger partial charge in [0.25, 0.3) is 0 Å². The third-order valence-corrected chi connectivity index (χ3v) is 5.10. The molecule has 2 aromatic carbocycles. The van der Waals surface area contributed by atoms with E-state index in [1.807, 2.05) is 51.1 Å². The molecule has 0 amide bonds. The molecule has 8 nitrogen and oxygen atoms in total. The number of nitro groups is 1. The van der Waals surface area contributed by atoms with E-state index in [-0.39, 0.29) is 11.4 Å². The fourth-order valence-electron chi connectivity index (χ4n) is 2.90. The molecule has 162 valence electrons. The minimum atomic E-state index is -0.478. The van der Waals surface area contributed by atoms with Crippen LogP contribution >= 0.6 is 11.3 Å². The second-order valence-corrected chi connectivity index (χ2v) is 7.77. The van der Waals surface area contributed by atoms with Crippen LogP contribution in [0.5, 0.6) is 11.5 Å². The maximum absolute atomic E-state index is 11.6. The number of aromatic nitrogens is 1. The molecule has 0 bridgehead atoms. The highest BCUT2D eigenvalue weighted by molar-refractivity contribution is 7.15. The van der Waals surface area contributed by atoms with Crippen LogP contribution in [0.25, 0.3) is 11.3 Å².